The van der Waals surface area contributed by atoms with Crippen LogP contribution >= 0.6 is 0 Å². The molecule has 6 nitrogen and oxygen atoms in total. The average molecular weight is 349 g/mol. The molecule has 3 rings (SSSR count). The molecule has 1 fully saturated rings. The minimum Gasteiger partial charge on any atom is -0.376 e. The van der Waals surface area contributed by atoms with Crippen molar-refractivity contribution in [2.45, 2.75) is 50.7 Å². The van der Waals surface area contributed by atoms with Crippen LogP contribution in [0.4, 0.5) is 5.69 Å². The van der Waals surface area contributed by atoms with E-state index in [-0.39, 0.29) is 11.0 Å². The van der Waals surface area contributed by atoms with E-state index < -0.39 is 10.0 Å². The van der Waals surface area contributed by atoms with E-state index in [1.54, 1.807) is 29.9 Å². The van der Waals surface area contributed by atoms with Crippen molar-refractivity contribution in [3.05, 3.63) is 41.7 Å². The summed E-state index contributed by atoms with van der Waals surface area (Å²) in [4.78, 5) is 0.288. The second-order valence-corrected chi connectivity index (χ2v) is 7.96. The molecule has 1 atom stereocenters. The zero-order valence-corrected chi connectivity index (χ0v) is 14.8. The summed E-state index contributed by atoms with van der Waals surface area (Å²) in [7, 11) is -3.62. The van der Waals surface area contributed by atoms with Crippen molar-refractivity contribution in [2.24, 2.45) is 0 Å². The Morgan fingerprint density at radius 2 is 2.17 bits per heavy atom. The second kappa shape index (κ2) is 6.94. The van der Waals surface area contributed by atoms with Gasteiger partial charge in [-0.2, -0.15) is 5.10 Å². The average Bonchev–Trinajstić information content (AvgIpc) is 2.94. The van der Waals surface area contributed by atoms with Crippen LogP contribution in [0.15, 0.2) is 35.5 Å². The van der Waals surface area contributed by atoms with Crippen LogP contribution in [0.1, 0.15) is 30.4 Å². The zero-order chi connectivity index (χ0) is 17.2. The maximum Gasteiger partial charge on any atom is 0.262 e. The zero-order valence-electron chi connectivity index (χ0n) is 14.0. The Morgan fingerprint density at radius 1 is 1.33 bits per heavy atom. The first-order valence-electron chi connectivity index (χ1n) is 8.18. The van der Waals surface area contributed by atoms with Gasteiger partial charge in [-0.1, -0.05) is 17.7 Å². The standard InChI is InChI=1S/C17H23N3O3S/c1-13-6-7-17(14(2)9-13)24(21,22)19-15-10-18-20(11-15)12-16-5-3-4-8-23-16/h6-7,9-11,16,19H,3-5,8,12H2,1-2H3/t16-/m0/s1. The third kappa shape index (κ3) is 3.96. The third-order valence-electron chi connectivity index (χ3n) is 4.17. The van der Waals surface area contributed by atoms with Crippen LogP contribution in [0.25, 0.3) is 0 Å². The van der Waals surface area contributed by atoms with Crippen LogP contribution in [0.5, 0.6) is 0 Å². The van der Waals surface area contributed by atoms with Gasteiger partial charge in [0.05, 0.1) is 29.4 Å². The van der Waals surface area contributed by atoms with E-state index in [2.05, 4.69) is 9.82 Å². The van der Waals surface area contributed by atoms with Gasteiger partial charge in [0.1, 0.15) is 0 Å². The minimum atomic E-state index is -3.62. The van der Waals surface area contributed by atoms with Gasteiger partial charge in [0.15, 0.2) is 0 Å². The van der Waals surface area contributed by atoms with Crippen molar-refractivity contribution < 1.29 is 13.2 Å². The quantitative estimate of drug-likeness (QED) is 0.901. The van der Waals surface area contributed by atoms with Gasteiger partial charge in [0.2, 0.25) is 0 Å². The molecule has 24 heavy (non-hydrogen) atoms. The molecule has 0 unspecified atom stereocenters. The van der Waals surface area contributed by atoms with E-state index in [9.17, 15) is 8.42 Å². The molecule has 1 aromatic heterocycles. The Bertz CT molecular complexity index is 808. The van der Waals surface area contributed by atoms with E-state index in [0.29, 0.717) is 12.2 Å². The molecule has 0 bridgehead atoms. The molecule has 1 aliphatic heterocycles. The summed E-state index contributed by atoms with van der Waals surface area (Å²) in [6.07, 6.45) is 6.68. The highest BCUT2D eigenvalue weighted by molar-refractivity contribution is 7.92. The van der Waals surface area contributed by atoms with Gasteiger partial charge in [-0.15, -0.1) is 0 Å². The molecule has 1 N–H and O–H groups in total. The summed E-state index contributed by atoms with van der Waals surface area (Å²) in [5, 5.41) is 4.23. The van der Waals surface area contributed by atoms with Gasteiger partial charge in [0.25, 0.3) is 10.0 Å². The number of hydrogen-bond donors (Lipinski definition) is 1. The van der Waals surface area contributed by atoms with Crippen molar-refractivity contribution in [1.82, 2.24) is 9.78 Å². The maximum atomic E-state index is 12.6. The maximum absolute atomic E-state index is 12.6. The predicted molar refractivity (Wildman–Crippen MR) is 92.5 cm³/mol. The van der Waals surface area contributed by atoms with Gasteiger partial charge in [-0.25, -0.2) is 8.42 Å². The van der Waals surface area contributed by atoms with Crippen molar-refractivity contribution in [2.75, 3.05) is 11.3 Å². The Kier molecular flexibility index (Phi) is 4.91. The Hall–Kier alpha value is -1.86. The minimum absolute atomic E-state index is 0.155. The predicted octanol–water partition coefficient (Wildman–Crippen LogP) is 2.87. The third-order valence-corrected chi connectivity index (χ3v) is 5.71. The van der Waals surface area contributed by atoms with Crippen LogP contribution < -0.4 is 4.72 Å². The molecule has 0 spiro atoms. The van der Waals surface area contributed by atoms with Crippen LogP contribution in [-0.2, 0) is 21.3 Å². The molecule has 1 aromatic carbocycles. The van der Waals surface area contributed by atoms with Gasteiger partial charge < -0.3 is 4.74 Å². The van der Waals surface area contributed by atoms with Crippen molar-refractivity contribution in [3.63, 3.8) is 0 Å². The lowest BCUT2D eigenvalue weighted by Crippen LogP contribution is -2.24. The van der Waals surface area contributed by atoms with E-state index in [0.717, 1.165) is 37.0 Å². The van der Waals surface area contributed by atoms with E-state index >= 15 is 0 Å². The number of nitrogens with one attached hydrogen (secondary N) is 1. The lowest BCUT2D eigenvalue weighted by atomic mass is 10.1. The van der Waals surface area contributed by atoms with Gasteiger partial charge in [-0.3, -0.25) is 9.40 Å². The van der Waals surface area contributed by atoms with Gasteiger partial charge in [-0.05, 0) is 44.7 Å². The second-order valence-electron chi connectivity index (χ2n) is 6.31. The number of ether oxygens (including phenoxy) is 1. The molecule has 130 valence electrons. The largest absolute Gasteiger partial charge is 0.376 e. The highest BCUT2D eigenvalue weighted by Crippen LogP contribution is 2.21. The van der Waals surface area contributed by atoms with E-state index in [1.807, 2.05) is 13.0 Å². The lowest BCUT2D eigenvalue weighted by Gasteiger charge is -2.22. The number of rotatable bonds is 5. The SMILES string of the molecule is Cc1ccc(S(=O)(=O)Nc2cnn(C[C@@H]3CCCCO3)c2)c(C)c1. The molecule has 0 saturated carbocycles. The highest BCUT2D eigenvalue weighted by Gasteiger charge is 2.19. The molecular formula is C17H23N3O3S. The highest BCUT2D eigenvalue weighted by atomic mass is 32.2. The Morgan fingerprint density at radius 3 is 2.88 bits per heavy atom. The smallest absolute Gasteiger partial charge is 0.262 e. The summed E-state index contributed by atoms with van der Waals surface area (Å²) in [5.74, 6) is 0. The molecule has 7 heteroatoms. The molecule has 0 amide bonds. The first kappa shape index (κ1) is 17.0. The molecule has 1 aliphatic rings. The number of hydrogen-bond acceptors (Lipinski definition) is 4. The molecular weight excluding hydrogens is 326 g/mol. The molecule has 1 saturated heterocycles. The number of anilines is 1. The number of nitrogens with zero attached hydrogens (tertiary/aromatic N) is 2. The lowest BCUT2D eigenvalue weighted by molar-refractivity contribution is 0.00401. The number of aryl methyl sites for hydroxylation is 2. The number of sulfonamides is 1. The molecule has 0 radical (unpaired) electrons. The van der Waals surface area contributed by atoms with E-state index in [4.69, 9.17) is 4.74 Å². The van der Waals surface area contributed by atoms with Gasteiger partial charge >= 0.3 is 0 Å². The summed E-state index contributed by atoms with van der Waals surface area (Å²) in [6.45, 7) is 5.17. The summed E-state index contributed by atoms with van der Waals surface area (Å²) in [6, 6.07) is 5.29. The topological polar surface area (TPSA) is 73.2 Å². The first-order valence-corrected chi connectivity index (χ1v) is 9.66. The normalized spacial score (nSPS) is 18.5. The fraction of sp³-hybridized carbons (Fsp3) is 0.471. The van der Waals surface area contributed by atoms with Gasteiger partial charge in [0, 0.05) is 12.8 Å². The van der Waals surface area contributed by atoms with Crippen LogP contribution in [0.2, 0.25) is 0 Å². The monoisotopic (exact) mass is 349 g/mol. The van der Waals surface area contributed by atoms with Crippen molar-refractivity contribution >= 4 is 15.7 Å². The number of benzene rings is 1. The molecule has 2 aromatic rings. The first-order chi connectivity index (χ1) is 11.4. The summed E-state index contributed by atoms with van der Waals surface area (Å²) < 4.78 is 35.1. The fourth-order valence-corrected chi connectivity index (χ4v) is 4.24. The Labute approximate surface area is 142 Å². The van der Waals surface area contributed by atoms with Crippen molar-refractivity contribution in [1.29, 1.82) is 0 Å². The molecule has 2 heterocycles. The molecule has 0 aliphatic carbocycles. The summed E-state index contributed by atoms with van der Waals surface area (Å²) in [5.41, 5.74) is 2.23. The fourth-order valence-electron chi connectivity index (χ4n) is 2.99. The van der Waals surface area contributed by atoms with Crippen LogP contribution in [-0.4, -0.2) is 30.9 Å². The number of aromatic nitrogens is 2. The van der Waals surface area contributed by atoms with Crippen molar-refractivity contribution in [3.8, 4) is 0 Å². The summed E-state index contributed by atoms with van der Waals surface area (Å²) >= 11 is 0. The van der Waals surface area contributed by atoms with E-state index in [1.165, 1.54) is 6.20 Å². The van der Waals surface area contributed by atoms with Crippen LogP contribution in [0, 0.1) is 13.8 Å². The Balaban J connectivity index is 1.71. The van der Waals surface area contributed by atoms with Crippen LogP contribution in [0.3, 0.4) is 0 Å².